The summed E-state index contributed by atoms with van der Waals surface area (Å²) in [4.78, 5) is 0. The largest absolute Gasteiger partial charge is 0.493 e. The lowest BCUT2D eigenvalue weighted by atomic mass is 10.0. The Balaban J connectivity index is 2.16. The van der Waals surface area contributed by atoms with Crippen LogP contribution < -0.4 is 4.74 Å². The molecule has 0 unspecified atom stereocenters. The van der Waals surface area contributed by atoms with Crippen molar-refractivity contribution < 1.29 is 4.74 Å². The van der Waals surface area contributed by atoms with E-state index in [0.717, 1.165) is 30.5 Å². The number of hydrogen-bond donors (Lipinski definition) is 0. The molecule has 0 aliphatic heterocycles. The lowest BCUT2D eigenvalue weighted by Crippen LogP contribution is -2.00. The van der Waals surface area contributed by atoms with Crippen LogP contribution in [0.25, 0.3) is 0 Å². The summed E-state index contributed by atoms with van der Waals surface area (Å²) in [6.07, 6.45) is 13.0. The molecule has 120 valence electrons. The normalized spacial score (nSPS) is 10.8. The van der Waals surface area contributed by atoms with Crippen LogP contribution in [0, 0.1) is 0 Å². The van der Waals surface area contributed by atoms with Gasteiger partial charge in [0.25, 0.3) is 0 Å². The van der Waals surface area contributed by atoms with Gasteiger partial charge in [0.05, 0.1) is 6.61 Å². The fraction of sp³-hybridized carbons (Fsp3) is 0.684. The van der Waals surface area contributed by atoms with Crippen LogP contribution in [0.3, 0.4) is 0 Å². The molecular weight excluding hydrogens is 324 g/mol. The van der Waals surface area contributed by atoms with Gasteiger partial charge in [-0.05, 0) is 37.3 Å². The first kappa shape index (κ1) is 18.5. The molecule has 0 saturated carbocycles. The number of unbranched alkanes of at least 4 members (excludes halogenated alkanes) is 7. The van der Waals surface area contributed by atoms with Gasteiger partial charge in [-0.2, -0.15) is 0 Å². The molecule has 0 atom stereocenters. The Labute approximate surface area is 139 Å². The average Bonchev–Trinajstić information content (AvgIpc) is 2.51. The van der Waals surface area contributed by atoms with Crippen LogP contribution in [0.5, 0.6) is 5.75 Å². The molecule has 0 aliphatic carbocycles. The average molecular weight is 355 g/mol. The molecule has 1 aromatic rings. The third kappa shape index (κ3) is 9.18. The minimum absolute atomic E-state index is 0.848. The fourth-order valence-electron chi connectivity index (χ4n) is 2.47. The minimum atomic E-state index is 0.848. The molecule has 0 amide bonds. The minimum Gasteiger partial charge on any atom is -0.493 e. The van der Waals surface area contributed by atoms with Crippen molar-refractivity contribution in [1.82, 2.24) is 0 Å². The van der Waals surface area contributed by atoms with Crippen LogP contribution >= 0.6 is 15.9 Å². The molecule has 0 spiro atoms. The second-order valence-electron chi connectivity index (χ2n) is 5.72. The number of benzene rings is 1. The van der Waals surface area contributed by atoms with Gasteiger partial charge in [-0.1, -0.05) is 79.6 Å². The van der Waals surface area contributed by atoms with Crippen molar-refractivity contribution in [2.75, 3.05) is 11.9 Å². The molecule has 2 heteroatoms. The number of halogens is 1. The maximum absolute atomic E-state index is 5.90. The number of alkyl halides is 1. The lowest BCUT2D eigenvalue weighted by molar-refractivity contribution is 0.306. The standard InChI is InChI=1S/C19H31BrO/c1-2-3-17-21-19-15-11-10-14-18(19)13-9-7-5-4-6-8-12-16-20/h10-11,14-15H,2-9,12-13,16-17H2,1H3. The van der Waals surface area contributed by atoms with Crippen molar-refractivity contribution in [3.05, 3.63) is 29.8 Å². The van der Waals surface area contributed by atoms with E-state index in [0.29, 0.717) is 0 Å². The highest BCUT2D eigenvalue weighted by Crippen LogP contribution is 2.21. The maximum atomic E-state index is 5.90. The van der Waals surface area contributed by atoms with E-state index in [1.54, 1.807) is 0 Å². The van der Waals surface area contributed by atoms with Gasteiger partial charge in [0.15, 0.2) is 0 Å². The molecule has 0 radical (unpaired) electrons. The zero-order valence-electron chi connectivity index (χ0n) is 13.6. The SMILES string of the molecule is CCCCOc1ccccc1CCCCCCCCCBr. The van der Waals surface area contributed by atoms with Crippen LogP contribution in [0.2, 0.25) is 0 Å². The second kappa shape index (κ2) is 13.2. The summed E-state index contributed by atoms with van der Waals surface area (Å²) >= 11 is 3.49. The van der Waals surface area contributed by atoms with E-state index in [2.05, 4.69) is 47.1 Å². The third-order valence-electron chi connectivity index (χ3n) is 3.81. The van der Waals surface area contributed by atoms with E-state index >= 15 is 0 Å². The first-order chi connectivity index (χ1) is 10.4. The summed E-state index contributed by atoms with van der Waals surface area (Å²) in [6, 6.07) is 8.54. The van der Waals surface area contributed by atoms with Crippen LogP contribution in [-0.2, 0) is 6.42 Å². The van der Waals surface area contributed by atoms with E-state index < -0.39 is 0 Å². The molecule has 1 rings (SSSR count). The molecule has 1 nitrogen and oxygen atoms in total. The second-order valence-corrected chi connectivity index (χ2v) is 6.52. The Bertz CT molecular complexity index is 351. The van der Waals surface area contributed by atoms with Gasteiger partial charge < -0.3 is 4.74 Å². The van der Waals surface area contributed by atoms with E-state index in [1.165, 1.54) is 56.9 Å². The van der Waals surface area contributed by atoms with Crippen molar-refractivity contribution in [2.45, 2.75) is 71.1 Å². The van der Waals surface area contributed by atoms with Crippen LogP contribution in [0.15, 0.2) is 24.3 Å². The summed E-state index contributed by atoms with van der Waals surface area (Å²) in [7, 11) is 0. The van der Waals surface area contributed by atoms with Crippen molar-refractivity contribution in [3.8, 4) is 5.75 Å². The Morgan fingerprint density at radius 3 is 2.24 bits per heavy atom. The molecule has 0 saturated heterocycles. The highest BCUT2D eigenvalue weighted by atomic mass is 79.9. The number of para-hydroxylation sites is 1. The first-order valence-corrected chi connectivity index (χ1v) is 9.77. The Morgan fingerprint density at radius 1 is 0.857 bits per heavy atom. The summed E-state index contributed by atoms with van der Waals surface area (Å²) in [5.74, 6) is 1.10. The predicted molar refractivity (Wildman–Crippen MR) is 96.7 cm³/mol. The monoisotopic (exact) mass is 354 g/mol. The molecular formula is C19H31BrO. The number of hydrogen-bond acceptors (Lipinski definition) is 1. The molecule has 1 aromatic carbocycles. The highest BCUT2D eigenvalue weighted by molar-refractivity contribution is 9.09. The fourth-order valence-corrected chi connectivity index (χ4v) is 2.87. The quantitative estimate of drug-likeness (QED) is 0.289. The number of aryl methyl sites for hydroxylation is 1. The van der Waals surface area contributed by atoms with E-state index in [9.17, 15) is 0 Å². The Morgan fingerprint density at radius 2 is 1.52 bits per heavy atom. The van der Waals surface area contributed by atoms with Gasteiger partial charge in [0.2, 0.25) is 0 Å². The molecule has 0 N–H and O–H groups in total. The van der Waals surface area contributed by atoms with Gasteiger partial charge in [-0.3, -0.25) is 0 Å². The summed E-state index contributed by atoms with van der Waals surface area (Å²) in [6.45, 7) is 3.05. The molecule has 0 bridgehead atoms. The van der Waals surface area contributed by atoms with E-state index in [1.807, 2.05) is 0 Å². The van der Waals surface area contributed by atoms with Crippen LogP contribution in [-0.4, -0.2) is 11.9 Å². The predicted octanol–water partition coefficient (Wildman–Crippen LogP) is 6.53. The summed E-state index contributed by atoms with van der Waals surface area (Å²) < 4.78 is 5.90. The smallest absolute Gasteiger partial charge is 0.122 e. The molecule has 0 aliphatic rings. The van der Waals surface area contributed by atoms with Crippen LogP contribution in [0.4, 0.5) is 0 Å². The Hall–Kier alpha value is -0.500. The summed E-state index contributed by atoms with van der Waals surface area (Å²) in [5, 5.41) is 1.15. The van der Waals surface area contributed by atoms with Gasteiger partial charge in [0.1, 0.15) is 5.75 Å². The molecule has 21 heavy (non-hydrogen) atoms. The molecule has 0 heterocycles. The van der Waals surface area contributed by atoms with Crippen molar-refractivity contribution in [2.24, 2.45) is 0 Å². The first-order valence-electron chi connectivity index (χ1n) is 8.65. The zero-order valence-corrected chi connectivity index (χ0v) is 15.2. The molecule has 0 aromatic heterocycles. The number of ether oxygens (including phenoxy) is 1. The third-order valence-corrected chi connectivity index (χ3v) is 4.37. The maximum Gasteiger partial charge on any atom is 0.122 e. The van der Waals surface area contributed by atoms with Gasteiger partial charge in [-0.25, -0.2) is 0 Å². The van der Waals surface area contributed by atoms with Gasteiger partial charge in [0, 0.05) is 5.33 Å². The highest BCUT2D eigenvalue weighted by Gasteiger charge is 2.02. The Kier molecular flexibility index (Phi) is 11.6. The molecule has 0 fully saturated rings. The van der Waals surface area contributed by atoms with E-state index in [-0.39, 0.29) is 0 Å². The van der Waals surface area contributed by atoms with Crippen LogP contribution in [0.1, 0.15) is 70.3 Å². The van der Waals surface area contributed by atoms with Crippen molar-refractivity contribution in [3.63, 3.8) is 0 Å². The summed E-state index contributed by atoms with van der Waals surface area (Å²) in [5.41, 5.74) is 1.38. The zero-order chi connectivity index (χ0) is 15.2. The lowest BCUT2D eigenvalue weighted by Gasteiger charge is -2.11. The number of rotatable bonds is 13. The van der Waals surface area contributed by atoms with Gasteiger partial charge >= 0.3 is 0 Å². The van der Waals surface area contributed by atoms with Crippen molar-refractivity contribution in [1.29, 1.82) is 0 Å². The topological polar surface area (TPSA) is 9.23 Å². The van der Waals surface area contributed by atoms with Gasteiger partial charge in [-0.15, -0.1) is 0 Å². The van der Waals surface area contributed by atoms with Crippen molar-refractivity contribution >= 4 is 15.9 Å². The van der Waals surface area contributed by atoms with E-state index in [4.69, 9.17) is 4.74 Å².